The molecule has 2 aromatic rings. The molecular formula is C26H31ClFN5O2. The SMILES string of the molecule is CCCCN1C2CCC1CC(Oc1cc(F)ccc1C(=O)N1CC(=N)C(c3ncc(Cl)cn3)C1)C2. The third-order valence-corrected chi connectivity index (χ3v) is 7.70. The lowest BCUT2D eigenvalue weighted by Gasteiger charge is -2.39. The summed E-state index contributed by atoms with van der Waals surface area (Å²) in [5.41, 5.74) is 0.693. The molecule has 186 valence electrons. The van der Waals surface area contributed by atoms with E-state index in [0.29, 0.717) is 40.0 Å². The fourth-order valence-corrected chi connectivity index (χ4v) is 5.85. The molecule has 0 radical (unpaired) electrons. The monoisotopic (exact) mass is 499 g/mol. The van der Waals surface area contributed by atoms with Crippen LogP contribution < -0.4 is 4.74 Å². The quantitative estimate of drug-likeness (QED) is 0.597. The standard InChI is InChI=1S/C26H31ClFN5O2/c1-2-3-8-33-18-5-6-19(33)11-20(10-18)35-24-9-17(28)4-7-21(24)26(34)32-14-22(23(29)15-32)25-30-12-16(27)13-31-25/h4,7,9,12-13,18-20,22,29H,2-3,5-6,8,10-11,14-15H2,1H3. The molecule has 9 heteroatoms. The average molecular weight is 500 g/mol. The van der Waals surface area contributed by atoms with Crippen LogP contribution in [0.15, 0.2) is 30.6 Å². The number of benzene rings is 1. The number of piperidine rings is 1. The fourth-order valence-electron chi connectivity index (χ4n) is 5.75. The van der Waals surface area contributed by atoms with Crippen molar-refractivity contribution >= 4 is 23.2 Å². The minimum Gasteiger partial charge on any atom is -0.489 e. The average Bonchev–Trinajstić information content (AvgIpc) is 3.34. The second-order valence-electron chi connectivity index (χ2n) is 9.85. The highest BCUT2D eigenvalue weighted by molar-refractivity contribution is 6.30. The number of carbonyl (C=O) groups is 1. The van der Waals surface area contributed by atoms with Crippen molar-refractivity contribution in [2.45, 2.75) is 69.6 Å². The molecule has 0 saturated carbocycles. The lowest BCUT2D eigenvalue weighted by Crippen LogP contribution is -2.46. The van der Waals surface area contributed by atoms with Crippen LogP contribution in [0.2, 0.25) is 5.02 Å². The second kappa shape index (κ2) is 10.2. The largest absolute Gasteiger partial charge is 0.489 e. The van der Waals surface area contributed by atoms with Crippen LogP contribution in [0, 0.1) is 11.2 Å². The summed E-state index contributed by atoms with van der Waals surface area (Å²) in [5.74, 6) is -0.329. The number of unbranched alkanes of at least 4 members (excludes halogenated alkanes) is 1. The van der Waals surface area contributed by atoms with Crippen molar-refractivity contribution in [3.8, 4) is 5.75 Å². The number of rotatable bonds is 7. The molecule has 0 spiro atoms. The summed E-state index contributed by atoms with van der Waals surface area (Å²) >= 11 is 5.89. The first kappa shape index (κ1) is 24.1. The third-order valence-electron chi connectivity index (χ3n) is 7.50. The first-order valence-corrected chi connectivity index (χ1v) is 12.9. The number of nitrogens with zero attached hydrogens (tertiary/aromatic N) is 4. The minimum atomic E-state index is -0.429. The molecule has 3 aliphatic rings. The van der Waals surface area contributed by atoms with E-state index in [1.807, 2.05) is 0 Å². The van der Waals surface area contributed by atoms with E-state index in [-0.39, 0.29) is 31.0 Å². The maximum Gasteiger partial charge on any atom is 0.257 e. The van der Waals surface area contributed by atoms with Crippen molar-refractivity contribution in [2.24, 2.45) is 0 Å². The zero-order valence-electron chi connectivity index (χ0n) is 19.9. The van der Waals surface area contributed by atoms with Gasteiger partial charge in [-0.15, -0.1) is 0 Å². The molecule has 1 aromatic carbocycles. The van der Waals surface area contributed by atoms with E-state index in [0.717, 1.165) is 19.4 Å². The van der Waals surface area contributed by atoms with Crippen molar-refractivity contribution in [1.29, 1.82) is 5.41 Å². The molecule has 7 nitrogen and oxygen atoms in total. The van der Waals surface area contributed by atoms with E-state index in [9.17, 15) is 9.18 Å². The normalized spacial score (nSPS) is 26.4. The van der Waals surface area contributed by atoms with Crippen LogP contribution in [0.3, 0.4) is 0 Å². The smallest absolute Gasteiger partial charge is 0.257 e. The van der Waals surface area contributed by atoms with Gasteiger partial charge in [-0.25, -0.2) is 14.4 Å². The van der Waals surface area contributed by atoms with Gasteiger partial charge in [0.25, 0.3) is 5.91 Å². The van der Waals surface area contributed by atoms with E-state index < -0.39 is 5.82 Å². The van der Waals surface area contributed by atoms with Crippen LogP contribution in [0.4, 0.5) is 4.39 Å². The van der Waals surface area contributed by atoms with Gasteiger partial charge < -0.3 is 15.0 Å². The molecule has 1 aromatic heterocycles. The number of amides is 1. The number of fused-ring (bicyclic) bond motifs is 2. The molecule has 3 unspecified atom stereocenters. The molecule has 4 heterocycles. The predicted molar refractivity (Wildman–Crippen MR) is 132 cm³/mol. The van der Waals surface area contributed by atoms with E-state index >= 15 is 0 Å². The van der Waals surface area contributed by atoms with Crippen molar-refractivity contribution in [3.05, 3.63) is 52.8 Å². The molecule has 3 atom stereocenters. The van der Waals surface area contributed by atoms with Crippen molar-refractivity contribution in [1.82, 2.24) is 19.8 Å². The van der Waals surface area contributed by atoms with Crippen molar-refractivity contribution in [3.63, 3.8) is 0 Å². The van der Waals surface area contributed by atoms with E-state index in [2.05, 4.69) is 21.8 Å². The summed E-state index contributed by atoms with van der Waals surface area (Å²) in [5, 5.41) is 8.81. The Hall–Kier alpha value is -2.58. The second-order valence-corrected chi connectivity index (χ2v) is 10.3. The van der Waals surface area contributed by atoms with Crippen LogP contribution >= 0.6 is 11.6 Å². The van der Waals surface area contributed by atoms with E-state index in [1.165, 1.54) is 56.3 Å². The van der Waals surface area contributed by atoms with Crippen molar-refractivity contribution < 1.29 is 13.9 Å². The summed E-state index contributed by atoms with van der Waals surface area (Å²) in [6.45, 7) is 3.80. The molecule has 2 bridgehead atoms. The van der Waals surface area contributed by atoms with Gasteiger partial charge in [-0.3, -0.25) is 9.69 Å². The van der Waals surface area contributed by atoms with Gasteiger partial charge in [0, 0.05) is 42.8 Å². The summed E-state index contributed by atoms with van der Waals surface area (Å²) in [6.07, 6.45) is 9.48. The molecular weight excluding hydrogens is 469 g/mol. The van der Waals surface area contributed by atoms with Crippen LogP contribution in [0.5, 0.6) is 5.75 Å². The Kier molecular flexibility index (Phi) is 7.02. The van der Waals surface area contributed by atoms with Gasteiger partial charge in [0.1, 0.15) is 23.5 Å². The molecule has 3 fully saturated rings. The predicted octanol–water partition coefficient (Wildman–Crippen LogP) is 4.70. The number of aromatic nitrogens is 2. The number of nitrogens with one attached hydrogen (secondary N) is 1. The van der Waals surface area contributed by atoms with Crippen molar-refractivity contribution in [2.75, 3.05) is 19.6 Å². The van der Waals surface area contributed by atoms with E-state index in [1.54, 1.807) is 4.90 Å². The molecule has 5 rings (SSSR count). The number of hydrogen-bond acceptors (Lipinski definition) is 6. The van der Waals surface area contributed by atoms with Gasteiger partial charge in [-0.1, -0.05) is 24.9 Å². The Morgan fingerprint density at radius 3 is 2.63 bits per heavy atom. The summed E-state index contributed by atoms with van der Waals surface area (Å²) in [4.78, 5) is 26.1. The summed E-state index contributed by atoms with van der Waals surface area (Å²) < 4.78 is 20.5. The molecule has 3 aliphatic heterocycles. The lowest BCUT2D eigenvalue weighted by molar-refractivity contribution is 0.0474. The van der Waals surface area contributed by atoms with Gasteiger partial charge in [-0.2, -0.15) is 0 Å². The summed E-state index contributed by atoms with van der Waals surface area (Å²) in [7, 11) is 0. The Labute approximate surface area is 210 Å². The topological polar surface area (TPSA) is 82.4 Å². The van der Waals surface area contributed by atoms with Gasteiger partial charge in [0.15, 0.2) is 0 Å². The minimum absolute atomic E-state index is 0.0363. The number of carbonyl (C=O) groups excluding carboxylic acids is 1. The Balaban J connectivity index is 1.30. The molecule has 0 aliphatic carbocycles. The van der Waals surface area contributed by atoms with Gasteiger partial charge >= 0.3 is 0 Å². The summed E-state index contributed by atoms with van der Waals surface area (Å²) in [6, 6.07) is 5.10. The number of ether oxygens (including phenoxy) is 1. The Morgan fingerprint density at radius 1 is 1.23 bits per heavy atom. The maximum atomic E-state index is 14.2. The van der Waals surface area contributed by atoms with Crippen LogP contribution in [-0.2, 0) is 0 Å². The zero-order valence-corrected chi connectivity index (χ0v) is 20.7. The van der Waals surface area contributed by atoms with Crippen LogP contribution in [0.25, 0.3) is 0 Å². The Morgan fingerprint density at radius 2 is 1.94 bits per heavy atom. The number of halogens is 2. The van der Waals surface area contributed by atoms with Crippen LogP contribution in [-0.4, -0.2) is 69.2 Å². The molecule has 1 amide bonds. The van der Waals surface area contributed by atoms with Gasteiger partial charge in [-0.05, 0) is 50.8 Å². The van der Waals surface area contributed by atoms with Gasteiger partial charge in [0.2, 0.25) is 0 Å². The number of hydrogen-bond donors (Lipinski definition) is 1. The zero-order chi connectivity index (χ0) is 24.5. The maximum absolute atomic E-state index is 14.2. The molecule has 35 heavy (non-hydrogen) atoms. The highest BCUT2D eigenvalue weighted by atomic mass is 35.5. The fraction of sp³-hybridized carbons (Fsp3) is 0.538. The first-order valence-electron chi connectivity index (χ1n) is 12.5. The van der Waals surface area contributed by atoms with Gasteiger partial charge in [0.05, 0.1) is 23.0 Å². The van der Waals surface area contributed by atoms with Crippen LogP contribution in [0.1, 0.15) is 67.5 Å². The molecule has 1 N–H and O–H groups in total. The lowest BCUT2D eigenvalue weighted by atomic mass is 9.99. The Bertz CT molecular complexity index is 1080. The highest BCUT2D eigenvalue weighted by Gasteiger charge is 2.41. The van der Waals surface area contributed by atoms with E-state index in [4.69, 9.17) is 21.7 Å². The number of likely N-dealkylation sites (tertiary alicyclic amines) is 1. The third kappa shape index (κ3) is 5.05. The molecule has 3 saturated heterocycles. The highest BCUT2D eigenvalue weighted by Crippen LogP contribution is 2.38. The first-order chi connectivity index (χ1) is 16.9.